The second-order valence-corrected chi connectivity index (χ2v) is 8.85. The first-order valence-electron chi connectivity index (χ1n) is 9.94. The number of nitrogens with zero attached hydrogens (tertiary/aromatic N) is 3. The molecule has 0 radical (unpaired) electrons. The van der Waals surface area contributed by atoms with E-state index < -0.39 is 11.7 Å². The Morgan fingerprint density at radius 2 is 1.93 bits per heavy atom. The smallest absolute Gasteiger partial charge is 0.407 e. The van der Waals surface area contributed by atoms with Gasteiger partial charge >= 0.3 is 6.09 Å². The summed E-state index contributed by atoms with van der Waals surface area (Å²) in [6.07, 6.45) is 0.661. The summed E-state index contributed by atoms with van der Waals surface area (Å²) in [4.78, 5) is 27.7. The monoisotopic (exact) mass is 417 g/mol. The highest BCUT2D eigenvalue weighted by atomic mass is 19.1. The van der Waals surface area contributed by atoms with E-state index in [1.807, 2.05) is 20.8 Å². The molecular formula is C22H28FN3O4. The molecule has 1 atom stereocenters. The molecule has 1 aromatic carbocycles. The number of aromatic nitrogens is 1. The number of carboxylic acid groups (broad SMARTS) is 1. The predicted octanol–water partition coefficient (Wildman–Crippen LogP) is 2.95. The van der Waals surface area contributed by atoms with Crippen molar-refractivity contribution in [2.45, 2.75) is 39.9 Å². The number of aromatic hydroxyl groups is 1. The molecule has 0 bridgehead atoms. The third-order valence-electron chi connectivity index (χ3n) is 5.57. The first-order valence-corrected chi connectivity index (χ1v) is 9.94. The molecule has 1 fully saturated rings. The summed E-state index contributed by atoms with van der Waals surface area (Å²) in [6.45, 7) is 7.92. The lowest BCUT2D eigenvalue weighted by atomic mass is 9.84. The van der Waals surface area contributed by atoms with Gasteiger partial charge in [0.2, 0.25) is 0 Å². The van der Waals surface area contributed by atoms with Gasteiger partial charge in [-0.05, 0) is 29.2 Å². The molecular weight excluding hydrogens is 389 g/mol. The number of benzene rings is 1. The molecule has 1 aliphatic rings. The minimum Gasteiger partial charge on any atom is -0.503 e. The molecule has 2 heterocycles. The Kier molecular flexibility index (Phi) is 6.17. The van der Waals surface area contributed by atoms with Crippen LogP contribution in [0.3, 0.4) is 0 Å². The third-order valence-corrected chi connectivity index (χ3v) is 5.57. The number of hydrogen-bond donors (Lipinski definition) is 2. The summed E-state index contributed by atoms with van der Waals surface area (Å²) in [5.41, 5.74) is 0.343. The van der Waals surface area contributed by atoms with Crippen LogP contribution in [0.15, 0.2) is 41.3 Å². The van der Waals surface area contributed by atoms with Crippen LogP contribution in [0.2, 0.25) is 0 Å². The Balaban J connectivity index is 1.76. The van der Waals surface area contributed by atoms with Crippen LogP contribution in [0.5, 0.6) is 5.75 Å². The van der Waals surface area contributed by atoms with Crippen molar-refractivity contribution in [1.29, 1.82) is 0 Å². The Morgan fingerprint density at radius 1 is 1.20 bits per heavy atom. The van der Waals surface area contributed by atoms with E-state index in [0.29, 0.717) is 37.3 Å². The van der Waals surface area contributed by atoms with E-state index >= 15 is 0 Å². The summed E-state index contributed by atoms with van der Waals surface area (Å²) in [7, 11) is 0. The number of carbonyl (C=O) groups is 1. The van der Waals surface area contributed by atoms with E-state index in [9.17, 15) is 24.2 Å². The van der Waals surface area contributed by atoms with Crippen molar-refractivity contribution in [2.75, 3.05) is 19.6 Å². The Hall–Kier alpha value is -2.87. The second kappa shape index (κ2) is 8.47. The van der Waals surface area contributed by atoms with Gasteiger partial charge in [-0.3, -0.25) is 9.69 Å². The highest BCUT2D eigenvalue weighted by Gasteiger charge is 2.38. The highest BCUT2D eigenvalue weighted by Crippen LogP contribution is 2.29. The maximum atomic E-state index is 13.4. The molecule has 1 unspecified atom stereocenters. The highest BCUT2D eigenvalue weighted by molar-refractivity contribution is 5.65. The average Bonchev–Trinajstić information content (AvgIpc) is 2.67. The van der Waals surface area contributed by atoms with E-state index in [-0.39, 0.29) is 29.6 Å². The van der Waals surface area contributed by atoms with Gasteiger partial charge in [-0.15, -0.1) is 0 Å². The molecule has 1 aliphatic heterocycles. The molecule has 2 N–H and O–H groups in total. The minimum atomic E-state index is -0.933. The molecule has 30 heavy (non-hydrogen) atoms. The number of amides is 1. The van der Waals surface area contributed by atoms with Crippen LogP contribution < -0.4 is 5.56 Å². The van der Waals surface area contributed by atoms with Crippen LogP contribution in [-0.4, -0.2) is 56.3 Å². The molecule has 0 spiro atoms. The van der Waals surface area contributed by atoms with Crippen molar-refractivity contribution in [3.63, 3.8) is 0 Å². The molecule has 0 aliphatic carbocycles. The van der Waals surface area contributed by atoms with Crippen LogP contribution in [0.25, 0.3) is 0 Å². The van der Waals surface area contributed by atoms with Crippen LogP contribution >= 0.6 is 0 Å². The average molecular weight is 417 g/mol. The Labute approximate surface area is 175 Å². The Morgan fingerprint density at radius 3 is 2.57 bits per heavy atom. The summed E-state index contributed by atoms with van der Waals surface area (Å²) in [5, 5.41) is 20.0. The van der Waals surface area contributed by atoms with Gasteiger partial charge in [0.1, 0.15) is 5.82 Å². The summed E-state index contributed by atoms with van der Waals surface area (Å²) < 4.78 is 14.7. The molecule has 2 aromatic rings. The second-order valence-electron chi connectivity index (χ2n) is 8.85. The molecule has 1 amide bonds. The topological polar surface area (TPSA) is 86.0 Å². The first kappa shape index (κ1) is 21.8. The van der Waals surface area contributed by atoms with Crippen LogP contribution in [0, 0.1) is 11.2 Å². The lowest BCUT2D eigenvalue weighted by Gasteiger charge is -2.46. The van der Waals surface area contributed by atoms with Gasteiger partial charge in [-0.2, -0.15) is 0 Å². The first-order chi connectivity index (χ1) is 14.1. The fraction of sp³-hybridized carbons (Fsp3) is 0.455. The zero-order valence-corrected chi connectivity index (χ0v) is 17.5. The minimum absolute atomic E-state index is 0.161. The lowest BCUT2D eigenvalue weighted by molar-refractivity contribution is 0.0187. The standard InChI is InChI=1S/C22H28FN3O4/c1-22(2,3)18-14-24(9-10-26(18)21(29)30)13-16-7-8-25(20(28)19(16)27)12-15-5-4-6-17(23)11-15/h4-8,11,18,27H,9-10,12-14H2,1-3H3,(H,29,30). The van der Waals surface area contributed by atoms with Gasteiger partial charge in [0, 0.05) is 37.9 Å². The van der Waals surface area contributed by atoms with E-state index in [4.69, 9.17) is 0 Å². The number of rotatable bonds is 4. The number of hydrogen-bond acceptors (Lipinski definition) is 4. The summed E-state index contributed by atoms with van der Waals surface area (Å²) in [5.74, 6) is -0.711. The number of pyridine rings is 1. The predicted molar refractivity (Wildman–Crippen MR) is 111 cm³/mol. The zero-order valence-electron chi connectivity index (χ0n) is 17.5. The van der Waals surface area contributed by atoms with Crippen LogP contribution in [0.1, 0.15) is 31.9 Å². The fourth-order valence-corrected chi connectivity index (χ4v) is 3.88. The molecule has 8 heteroatoms. The molecule has 7 nitrogen and oxygen atoms in total. The van der Waals surface area contributed by atoms with Crippen molar-refractivity contribution in [1.82, 2.24) is 14.4 Å². The van der Waals surface area contributed by atoms with Crippen molar-refractivity contribution >= 4 is 6.09 Å². The van der Waals surface area contributed by atoms with E-state index in [2.05, 4.69) is 4.90 Å². The number of piperazine rings is 1. The summed E-state index contributed by atoms with van der Waals surface area (Å²) >= 11 is 0. The van der Waals surface area contributed by atoms with Crippen LogP contribution in [-0.2, 0) is 13.1 Å². The fourth-order valence-electron chi connectivity index (χ4n) is 3.88. The van der Waals surface area contributed by atoms with Crippen molar-refractivity contribution in [3.8, 4) is 5.75 Å². The lowest BCUT2D eigenvalue weighted by Crippen LogP contribution is -2.59. The maximum Gasteiger partial charge on any atom is 0.407 e. The third kappa shape index (κ3) is 4.81. The van der Waals surface area contributed by atoms with Crippen molar-refractivity contribution < 1.29 is 19.4 Å². The molecule has 3 rings (SSSR count). The van der Waals surface area contributed by atoms with Gasteiger partial charge in [0.15, 0.2) is 5.75 Å². The largest absolute Gasteiger partial charge is 0.503 e. The quantitative estimate of drug-likeness (QED) is 0.799. The van der Waals surface area contributed by atoms with Gasteiger partial charge in [-0.25, -0.2) is 9.18 Å². The molecule has 1 aromatic heterocycles. The van der Waals surface area contributed by atoms with Gasteiger partial charge in [-0.1, -0.05) is 32.9 Å². The van der Waals surface area contributed by atoms with E-state index in [1.54, 1.807) is 24.4 Å². The van der Waals surface area contributed by atoms with E-state index in [1.165, 1.54) is 21.6 Å². The van der Waals surface area contributed by atoms with Gasteiger partial charge in [0.25, 0.3) is 5.56 Å². The van der Waals surface area contributed by atoms with Gasteiger partial charge < -0.3 is 19.7 Å². The Bertz CT molecular complexity index is 983. The zero-order chi connectivity index (χ0) is 22.1. The van der Waals surface area contributed by atoms with Crippen molar-refractivity contribution in [3.05, 3.63) is 63.8 Å². The molecule has 1 saturated heterocycles. The van der Waals surface area contributed by atoms with Crippen LogP contribution in [0.4, 0.5) is 9.18 Å². The van der Waals surface area contributed by atoms with E-state index in [0.717, 1.165) is 0 Å². The van der Waals surface area contributed by atoms with Crippen molar-refractivity contribution in [2.24, 2.45) is 5.41 Å². The van der Waals surface area contributed by atoms with Gasteiger partial charge in [0.05, 0.1) is 12.6 Å². The number of halogens is 1. The summed E-state index contributed by atoms with van der Waals surface area (Å²) in [6, 6.07) is 7.47. The SMILES string of the molecule is CC(C)(C)C1CN(Cc2ccn(Cc3cccc(F)c3)c(=O)c2O)CCN1C(=O)O. The maximum absolute atomic E-state index is 13.4. The molecule has 0 saturated carbocycles. The molecule has 162 valence electrons. The normalized spacial score (nSPS) is 17.9.